The highest BCUT2D eigenvalue weighted by atomic mass is 32.2. The van der Waals surface area contributed by atoms with Gasteiger partial charge in [-0.1, -0.05) is 60.7 Å². The number of nitrogens with one attached hydrogen (secondary N) is 1. The van der Waals surface area contributed by atoms with Crippen LogP contribution >= 0.6 is 11.8 Å². The number of nitrogens with two attached hydrogens (primary N) is 1. The number of fused-ring (bicyclic) bond motifs is 1. The summed E-state index contributed by atoms with van der Waals surface area (Å²) in [7, 11) is 0. The monoisotopic (exact) mass is 595 g/mol. The van der Waals surface area contributed by atoms with E-state index in [4.69, 9.17) is 19.9 Å². The molecule has 0 aliphatic carbocycles. The zero-order valence-corrected chi connectivity index (χ0v) is 24.5. The van der Waals surface area contributed by atoms with Crippen molar-refractivity contribution in [3.63, 3.8) is 0 Å². The van der Waals surface area contributed by atoms with Crippen molar-refractivity contribution in [2.24, 2.45) is 5.73 Å². The number of esters is 3. The Balaban J connectivity index is 1.58. The van der Waals surface area contributed by atoms with Crippen LogP contribution in [0.2, 0.25) is 0 Å². The normalized spacial score (nSPS) is 18.9. The van der Waals surface area contributed by atoms with E-state index >= 15 is 0 Å². The Morgan fingerprint density at radius 1 is 1.02 bits per heavy atom. The van der Waals surface area contributed by atoms with Gasteiger partial charge in [0.1, 0.15) is 29.3 Å². The molecule has 4 rings (SSSR count). The van der Waals surface area contributed by atoms with E-state index in [-0.39, 0.29) is 18.1 Å². The Morgan fingerprint density at radius 3 is 2.12 bits per heavy atom. The van der Waals surface area contributed by atoms with Crippen molar-refractivity contribution in [3.8, 4) is 0 Å². The Hall–Kier alpha value is -4.16. The Kier molecular flexibility index (Phi) is 9.37. The van der Waals surface area contributed by atoms with Crippen LogP contribution in [0, 0.1) is 0 Å². The number of hydrogen-bond donors (Lipinski definition) is 2. The van der Waals surface area contributed by atoms with E-state index in [2.05, 4.69) is 5.32 Å². The largest absolute Gasteiger partial charge is 0.461 e. The van der Waals surface area contributed by atoms with Gasteiger partial charge in [-0.25, -0.2) is 9.59 Å². The first-order valence-corrected chi connectivity index (χ1v) is 14.3. The van der Waals surface area contributed by atoms with Crippen LogP contribution in [-0.4, -0.2) is 70.0 Å². The van der Waals surface area contributed by atoms with Gasteiger partial charge in [-0.05, 0) is 31.9 Å². The third-order valence-electron chi connectivity index (χ3n) is 6.36. The molecule has 2 aliphatic heterocycles. The second-order valence-electron chi connectivity index (χ2n) is 10.7. The molecule has 1 unspecified atom stereocenters. The van der Waals surface area contributed by atoms with Gasteiger partial charge in [0.25, 0.3) is 5.91 Å². The summed E-state index contributed by atoms with van der Waals surface area (Å²) in [5.41, 5.74) is 6.71. The first kappa shape index (κ1) is 30.8. The first-order valence-electron chi connectivity index (χ1n) is 13.3. The molecule has 222 valence electrons. The van der Waals surface area contributed by atoms with Gasteiger partial charge in [-0.3, -0.25) is 19.3 Å². The van der Waals surface area contributed by atoms with E-state index in [1.54, 1.807) is 20.8 Å². The molecule has 3 atom stereocenters. The molecule has 2 aromatic rings. The van der Waals surface area contributed by atoms with E-state index in [0.717, 1.165) is 11.1 Å². The summed E-state index contributed by atoms with van der Waals surface area (Å²) < 4.78 is 16.4. The highest BCUT2D eigenvalue weighted by Crippen LogP contribution is 2.41. The lowest BCUT2D eigenvalue weighted by atomic mass is 10.0. The lowest BCUT2D eigenvalue weighted by Crippen LogP contribution is -2.72. The van der Waals surface area contributed by atoms with E-state index in [9.17, 15) is 24.0 Å². The number of hydrogen-bond acceptors (Lipinski definition) is 10. The predicted molar refractivity (Wildman–Crippen MR) is 153 cm³/mol. The topological polar surface area (TPSA) is 154 Å². The number of ether oxygens (including phenoxy) is 3. The molecule has 1 fully saturated rings. The highest BCUT2D eigenvalue weighted by Gasteiger charge is 2.55. The lowest BCUT2D eigenvalue weighted by Gasteiger charge is -2.49. The molecule has 0 bridgehead atoms. The molecule has 0 spiro atoms. The fraction of sp³-hybridized carbons (Fsp3) is 0.367. The van der Waals surface area contributed by atoms with E-state index in [0.29, 0.717) is 5.57 Å². The number of carbonyl (C=O) groups excluding carboxylic acids is 5. The molecule has 11 nitrogen and oxygen atoms in total. The van der Waals surface area contributed by atoms with Gasteiger partial charge < -0.3 is 25.3 Å². The standard InChI is InChI=1S/C30H33N3O8S/c1-17(34)39-15-20-16-42-27-22(32-25(35)21(31)28(37)41-30(2,3)4)26(36)33(27)23(20)29(38)40-24(18-11-7-5-8-12-18)19-13-9-6-10-14-19/h5-14,21-22,24,27H,15-16,31H2,1-4H3,(H,32,35)/t21?,22-,27-/m1/s1. The Labute approximate surface area is 247 Å². The maximum absolute atomic E-state index is 13.8. The van der Waals surface area contributed by atoms with Gasteiger partial charge in [0.2, 0.25) is 5.91 Å². The van der Waals surface area contributed by atoms with Crippen LogP contribution in [0.25, 0.3) is 0 Å². The summed E-state index contributed by atoms with van der Waals surface area (Å²) in [6.07, 6.45) is -0.783. The molecule has 0 radical (unpaired) electrons. The molecule has 0 aromatic heterocycles. The maximum atomic E-state index is 13.8. The summed E-state index contributed by atoms with van der Waals surface area (Å²) in [5.74, 6) is -3.53. The first-order chi connectivity index (χ1) is 19.9. The zero-order valence-electron chi connectivity index (χ0n) is 23.7. The van der Waals surface area contributed by atoms with Crippen molar-refractivity contribution in [2.45, 2.75) is 56.9 Å². The van der Waals surface area contributed by atoms with Crippen molar-refractivity contribution >= 4 is 41.5 Å². The summed E-state index contributed by atoms with van der Waals surface area (Å²) in [4.78, 5) is 65.0. The molecule has 2 aromatic carbocycles. The number of rotatable bonds is 9. The summed E-state index contributed by atoms with van der Waals surface area (Å²) in [6, 6.07) is 15.6. The maximum Gasteiger partial charge on any atom is 0.356 e. The molecular formula is C30H33N3O8S. The van der Waals surface area contributed by atoms with Gasteiger partial charge in [0, 0.05) is 18.2 Å². The molecule has 42 heavy (non-hydrogen) atoms. The van der Waals surface area contributed by atoms with Crippen LogP contribution in [-0.2, 0) is 38.2 Å². The fourth-order valence-corrected chi connectivity index (χ4v) is 5.76. The second-order valence-corrected chi connectivity index (χ2v) is 11.9. The van der Waals surface area contributed by atoms with Crippen molar-refractivity contribution in [3.05, 3.63) is 83.1 Å². The third-order valence-corrected chi connectivity index (χ3v) is 7.70. The molecule has 3 N–H and O–H groups in total. The van der Waals surface area contributed by atoms with Crippen LogP contribution in [0.15, 0.2) is 71.9 Å². The van der Waals surface area contributed by atoms with Gasteiger partial charge in [-0.2, -0.15) is 0 Å². The number of β-lactam (4-membered cyclic amide) rings is 1. The summed E-state index contributed by atoms with van der Waals surface area (Å²) in [6.45, 7) is 5.95. The van der Waals surface area contributed by atoms with E-state index in [1.165, 1.54) is 23.6 Å². The molecule has 1 saturated heterocycles. The van der Waals surface area contributed by atoms with Crippen molar-refractivity contribution < 1.29 is 38.2 Å². The Morgan fingerprint density at radius 2 is 1.60 bits per heavy atom. The van der Waals surface area contributed by atoms with Gasteiger partial charge in [0.05, 0.1) is 0 Å². The number of benzene rings is 2. The van der Waals surface area contributed by atoms with Gasteiger partial charge in [-0.15, -0.1) is 11.8 Å². The second kappa shape index (κ2) is 12.8. The number of nitrogens with zero attached hydrogens (tertiary/aromatic N) is 1. The summed E-state index contributed by atoms with van der Waals surface area (Å²) in [5, 5.41) is 1.83. The number of amides is 2. The Bertz CT molecular complexity index is 1350. The average Bonchev–Trinajstić information content (AvgIpc) is 2.96. The van der Waals surface area contributed by atoms with Crippen molar-refractivity contribution in [1.29, 1.82) is 0 Å². The molecule has 0 saturated carbocycles. The quantitative estimate of drug-likeness (QED) is 0.191. The summed E-state index contributed by atoms with van der Waals surface area (Å²) >= 11 is 1.27. The van der Waals surface area contributed by atoms with Crippen molar-refractivity contribution in [2.75, 3.05) is 12.4 Å². The average molecular weight is 596 g/mol. The minimum Gasteiger partial charge on any atom is -0.461 e. The number of thioether (sulfide) groups is 1. The van der Waals surface area contributed by atoms with Gasteiger partial charge in [0.15, 0.2) is 12.1 Å². The fourth-order valence-electron chi connectivity index (χ4n) is 4.43. The van der Waals surface area contributed by atoms with Crippen LogP contribution in [0.4, 0.5) is 0 Å². The lowest BCUT2D eigenvalue weighted by molar-refractivity contribution is -0.160. The van der Waals surface area contributed by atoms with E-state index in [1.807, 2.05) is 60.7 Å². The number of carbonyl (C=O) groups is 5. The van der Waals surface area contributed by atoms with Crippen LogP contribution in [0.3, 0.4) is 0 Å². The molecule has 2 heterocycles. The van der Waals surface area contributed by atoms with Gasteiger partial charge >= 0.3 is 17.9 Å². The molecular weight excluding hydrogens is 562 g/mol. The highest BCUT2D eigenvalue weighted by molar-refractivity contribution is 8.00. The third kappa shape index (κ3) is 7.00. The van der Waals surface area contributed by atoms with Crippen LogP contribution in [0.1, 0.15) is 44.9 Å². The minimum atomic E-state index is -1.64. The molecule has 2 amide bonds. The van der Waals surface area contributed by atoms with Crippen LogP contribution in [0.5, 0.6) is 0 Å². The minimum absolute atomic E-state index is 0.0520. The molecule has 2 aliphatic rings. The molecule has 12 heteroatoms. The van der Waals surface area contributed by atoms with E-state index < -0.39 is 58.9 Å². The SMILES string of the molecule is CC(=O)OCC1=C(C(=O)OC(c2ccccc2)c2ccccc2)N2C(=O)[C@@H](NC(=O)C(N)C(=O)OC(C)(C)C)[C@H]2SC1. The van der Waals surface area contributed by atoms with Crippen LogP contribution < -0.4 is 11.1 Å². The smallest absolute Gasteiger partial charge is 0.356 e. The zero-order chi connectivity index (χ0) is 30.6. The van der Waals surface area contributed by atoms with Crippen molar-refractivity contribution in [1.82, 2.24) is 10.2 Å². The predicted octanol–water partition coefficient (Wildman–Crippen LogP) is 2.21.